The van der Waals surface area contributed by atoms with Crippen molar-refractivity contribution in [2.75, 3.05) is 0 Å². The lowest BCUT2D eigenvalue weighted by atomic mass is 10.2. The van der Waals surface area contributed by atoms with E-state index in [0.29, 0.717) is 12.8 Å². The van der Waals surface area contributed by atoms with Gasteiger partial charge in [0.25, 0.3) is 0 Å². The monoisotopic (exact) mass is 141 g/mol. The highest BCUT2D eigenvalue weighted by Crippen LogP contribution is 2.21. The van der Waals surface area contributed by atoms with Crippen LogP contribution in [0, 0.1) is 0 Å². The molecule has 1 aliphatic carbocycles. The molecular weight excluding hydrogens is 130 g/mol. The molecule has 0 aromatic rings. The molecular formula is C7H11NO2. The zero-order valence-electron chi connectivity index (χ0n) is 5.82. The number of amides is 2. The maximum atomic E-state index is 10.2. The summed E-state index contributed by atoms with van der Waals surface area (Å²) in [6.45, 7) is 0. The van der Waals surface area contributed by atoms with Crippen LogP contribution < -0.4 is 0 Å². The molecule has 0 aliphatic heterocycles. The summed E-state index contributed by atoms with van der Waals surface area (Å²) in [4.78, 5) is 21.7. The fourth-order valence-corrected chi connectivity index (χ4v) is 1.40. The summed E-state index contributed by atoms with van der Waals surface area (Å²) in [5.74, 6) is 0. The van der Waals surface area contributed by atoms with Gasteiger partial charge in [0, 0.05) is 6.04 Å². The molecule has 3 nitrogen and oxygen atoms in total. The Bertz CT molecular complexity index is 122. The smallest absolute Gasteiger partial charge is 0.216 e. The van der Waals surface area contributed by atoms with E-state index in [1.165, 1.54) is 4.90 Å². The Morgan fingerprint density at radius 1 is 1.10 bits per heavy atom. The largest absolute Gasteiger partial charge is 0.285 e. The predicted octanol–water partition coefficient (Wildman–Crippen LogP) is 0.544. The van der Waals surface area contributed by atoms with E-state index in [1.54, 1.807) is 0 Å². The van der Waals surface area contributed by atoms with Gasteiger partial charge in [0.05, 0.1) is 0 Å². The molecule has 0 heterocycles. The first-order chi connectivity index (χ1) is 4.88. The van der Waals surface area contributed by atoms with Crippen molar-refractivity contribution in [1.82, 2.24) is 4.90 Å². The number of hydrogen-bond donors (Lipinski definition) is 0. The van der Waals surface area contributed by atoms with Crippen molar-refractivity contribution >= 4 is 12.8 Å². The third kappa shape index (κ3) is 1.35. The lowest BCUT2D eigenvalue weighted by Gasteiger charge is -2.15. The van der Waals surface area contributed by atoms with Crippen LogP contribution in [0.5, 0.6) is 0 Å². The first-order valence-corrected chi connectivity index (χ1v) is 3.56. The molecule has 2 amide bonds. The van der Waals surface area contributed by atoms with E-state index in [2.05, 4.69) is 0 Å². The van der Waals surface area contributed by atoms with Crippen molar-refractivity contribution in [2.24, 2.45) is 0 Å². The van der Waals surface area contributed by atoms with E-state index in [-0.39, 0.29) is 6.04 Å². The van der Waals surface area contributed by atoms with Crippen LogP contribution in [0.15, 0.2) is 0 Å². The minimum absolute atomic E-state index is 0.190. The van der Waals surface area contributed by atoms with Gasteiger partial charge in [0.1, 0.15) is 0 Å². The second-order valence-corrected chi connectivity index (χ2v) is 2.60. The molecule has 0 aromatic heterocycles. The lowest BCUT2D eigenvalue weighted by Crippen LogP contribution is -2.30. The van der Waals surface area contributed by atoms with Crippen molar-refractivity contribution in [3.8, 4) is 0 Å². The quantitative estimate of drug-likeness (QED) is 0.538. The highest BCUT2D eigenvalue weighted by molar-refractivity contribution is 5.69. The van der Waals surface area contributed by atoms with Crippen molar-refractivity contribution in [3.05, 3.63) is 0 Å². The van der Waals surface area contributed by atoms with Gasteiger partial charge in [-0.1, -0.05) is 12.8 Å². The predicted molar refractivity (Wildman–Crippen MR) is 36.2 cm³/mol. The Morgan fingerprint density at radius 2 is 1.60 bits per heavy atom. The zero-order chi connectivity index (χ0) is 7.40. The average molecular weight is 141 g/mol. The summed E-state index contributed by atoms with van der Waals surface area (Å²) >= 11 is 0. The number of rotatable bonds is 3. The van der Waals surface area contributed by atoms with Crippen LogP contribution in [0.4, 0.5) is 0 Å². The highest BCUT2D eigenvalue weighted by Gasteiger charge is 2.20. The number of hydrogen-bond acceptors (Lipinski definition) is 2. The van der Waals surface area contributed by atoms with E-state index in [0.717, 1.165) is 25.7 Å². The van der Waals surface area contributed by atoms with Crippen LogP contribution in [-0.4, -0.2) is 23.8 Å². The minimum Gasteiger partial charge on any atom is -0.285 e. The molecule has 1 aliphatic rings. The lowest BCUT2D eigenvalue weighted by molar-refractivity contribution is -0.131. The van der Waals surface area contributed by atoms with Crippen LogP contribution in [0.3, 0.4) is 0 Å². The summed E-state index contributed by atoms with van der Waals surface area (Å²) in [5.41, 5.74) is 0. The van der Waals surface area contributed by atoms with E-state index in [4.69, 9.17) is 0 Å². The van der Waals surface area contributed by atoms with E-state index < -0.39 is 0 Å². The van der Waals surface area contributed by atoms with Crippen LogP contribution >= 0.6 is 0 Å². The van der Waals surface area contributed by atoms with E-state index in [9.17, 15) is 9.59 Å². The molecule has 56 valence electrons. The first kappa shape index (κ1) is 7.25. The minimum atomic E-state index is 0.190. The van der Waals surface area contributed by atoms with Gasteiger partial charge in [-0.2, -0.15) is 0 Å². The molecule has 0 N–H and O–H groups in total. The average Bonchev–Trinajstić information content (AvgIpc) is 2.43. The molecule has 1 rings (SSSR count). The van der Waals surface area contributed by atoms with E-state index >= 15 is 0 Å². The molecule has 10 heavy (non-hydrogen) atoms. The van der Waals surface area contributed by atoms with Gasteiger partial charge < -0.3 is 0 Å². The van der Waals surface area contributed by atoms with E-state index in [1.807, 2.05) is 0 Å². The Balaban J connectivity index is 2.43. The number of imide groups is 1. The van der Waals surface area contributed by atoms with Gasteiger partial charge in [-0.25, -0.2) is 0 Å². The van der Waals surface area contributed by atoms with Crippen LogP contribution in [0.2, 0.25) is 0 Å². The third-order valence-electron chi connectivity index (χ3n) is 1.99. The van der Waals surface area contributed by atoms with Crippen molar-refractivity contribution in [3.63, 3.8) is 0 Å². The standard InChI is InChI=1S/C7H11NO2/c9-5-8(6-10)7-3-1-2-4-7/h5-7H,1-4H2. The molecule has 1 fully saturated rings. The molecule has 0 radical (unpaired) electrons. The topological polar surface area (TPSA) is 37.4 Å². The number of nitrogens with zero attached hydrogens (tertiary/aromatic N) is 1. The van der Waals surface area contributed by atoms with Gasteiger partial charge in [-0.3, -0.25) is 14.5 Å². The normalized spacial score (nSPS) is 18.8. The maximum absolute atomic E-state index is 10.2. The molecule has 3 heteroatoms. The summed E-state index contributed by atoms with van der Waals surface area (Å²) in [5, 5.41) is 0. The third-order valence-corrected chi connectivity index (χ3v) is 1.99. The number of carbonyl (C=O) groups is 2. The molecule has 0 aromatic carbocycles. The molecule has 0 spiro atoms. The molecule has 0 atom stereocenters. The molecule has 0 saturated heterocycles. The molecule has 0 unspecified atom stereocenters. The van der Waals surface area contributed by atoms with Crippen LogP contribution in [-0.2, 0) is 9.59 Å². The fraction of sp³-hybridized carbons (Fsp3) is 0.714. The Labute approximate surface area is 60.0 Å². The first-order valence-electron chi connectivity index (χ1n) is 3.56. The highest BCUT2D eigenvalue weighted by atomic mass is 16.2. The second-order valence-electron chi connectivity index (χ2n) is 2.60. The summed E-state index contributed by atoms with van der Waals surface area (Å²) < 4.78 is 0. The maximum Gasteiger partial charge on any atom is 0.216 e. The summed E-state index contributed by atoms with van der Waals surface area (Å²) in [7, 11) is 0. The van der Waals surface area contributed by atoms with Crippen LogP contribution in [0.25, 0.3) is 0 Å². The van der Waals surface area contributed by atoms with Gasteiger partial charge in [0.2, 0.25) is 12.8 Å². The van der Waals surface area contributed by atoms with Crippen LogP contribution in [0.1, 0.15) is 25.7 Å². The molecule has 0 bridgehead atoms. The summed E-state index contributed by atoms with van der Waals surface area (Å²) in [6, 6.07) is 0.190. The SMILES string of the molecule is O=CN(C=O)C1CCCC1. The fourth-order valence-electron chi connectivity index (χ4n) is 1.40. The van der Waals surface area contributed by atoms with Gasteiger partial charge in [-0.15, -0.1) is 0 Å². The Kier molecular flexibility index (Phi) is 2.42. The Hall–Kier alpha value is -0.860. The van der Waals surface area contributed by atoms with Crippen molar-refractivity contribution < 1.29 is 9.59 Å². The van der Waals surface area contributed by atoms with Gasteiger partial charge in [0.15, 0.2) is 0 Å². The van der Waals surface area contributed by atoms with Crippen molar-refractivity contribution in [2.45, 2.75) is 31.7 Å². The zero-order valence-corrected chi connectivity index (χ0v) is 5.82. The number of carbonyl (C=O) groups excluding carboxylic acids is 2. The van der Waals surface area contributed by atoms with Gasteiger partial charge >= 0.3 is 0 Å². The molecule has 1 saturated carbocycles. The summed E-state index contributed by atoms with van der Waals surface area (Å²) in [6.07, 6.45) is 5.48. The Morgan fingerprint density at radius 3 is 2.00 bits per heavy atom. The van der Waals surface area contributed by atoms with Gasteiger partial charge in [-0.05, 0) is 12.8 Å². The second kappa shape index (κ2) is 3.34. The van der Waals surface area contributed by atoms with Crippen molar-refractivity contribution in [1.29, 1.82) is 0 Å².